The van der Waals surface area contributed by atoms with Crippen LogP contribution in [0, 0.1) is 0 Å². The first-order chi connectivity index (χ1) is 7.85. The second-order valence-electron chi connectivity index (χ2n) is 3.36. The SMILES string of the molecule is COc1ccccc1-c1cnc(CCN)s1. The smallest absolute Gasteiger partial charge is 0.127 e. The van der Waals surface area contributed by atoms with Crippen molar-refractivity contribution >= 4 is 11.3 Å². The van der Waals surface area contributed by atoms with Crippen LogP contribution in [0.3, 0.4) is 0 Å². The van der Waals surface area contributed by atoms with E-state index in [4.69, 9.17) is 10.5 Å². The normalized spacial score (nSPS) is 10.4. The zero-order valence-electron chi connectivity index (χ0n) is 9.14. The van der Waals surface area contributed by atoms with Crippen LogP contribution in [0.25, 0.3) is 10.4 Å². The van der Waals surface area contributed by atoms with Crippen molar-refractivity contribution in [2.45, 2.75) is 6.42 Å². The maximum atomic E-state index is 5.51. The summed E-state index contributed by atoms with van der Waals surface area (Å²) in [5.74, 6) is 0.880. The molecule has 2 aromatic rings. The van der Waals surface area contributed by atoms with Gasteiger partial charge in [-0.15, -0.1) is 11.3 Å². The third kappa shape index (κ3) is 2.23. The molecule has 3 nitrogen and oxygen atoms in total. The van der Waals surface area contributed by atoms with Crippen molar-refractivity contribution in [1.82, 2.24) is 4.98 Å². The van der Waals surface area contributed by atoms with Crippen molar-refractivity contribution in [2.75, 3.05) is 13.7 Å². The van der Waals surface area contributed by atoms with Crippen LogP contribution >= 0.6 is 11.3 Å². The molecule has 0 fully saturated rings. The lowest BCUT2D eigenvalue weighted by molar-refractivity contribution is 0.416. The molecule has 0 aliphatic carbocycles. The Bertz CT molecular complexity index is 468. The molecule has 0 bridgehead atoms. The highest BCUT2D eigenvalue weighted by Gasteiger charge is 2.08. The Balaban J connectivity index is 2.34. The van der Waals surface area contributed by atoms with Gasteiger partial charge in [0.05, 0.1) is 17.0 Å². The lowest BCUT2D eigenvalue weighted by atomic mass is 10.2. The summed E-state index contributed by atoms with van der Waals surface area (Å²) in [6.45, 7) is 0.638. The van der Waals surface area contributed by atoms with E-state index in [1.165, 1.54) is 0 Å². The highest BCUT2D eigenvalue weighted by atomic mass is 32.1. The standard InChI is InChI=1S/C12H14N2OS/c1-15-10-5-3-2-4-9(10)11-8-14-12(16-11)6-7-13/h2-5,8H,6-7,13H2,1H3. The predicted molar refractivity (Wildman–Crippen MR) is 66.9 cm³/mol. The van der Waals surface area contributed by atoms with Crippen molar-refractivity contribution in [3.05, 3.63) is 35.5 Å². The van der Waals surface area contributed by atoms with E-state index in [9.17, 15) is 0 Å². The van der Waals surface area contributed by atoms with Gasteiger partial charge in [0, 0.05) is 18.2 Å². The summed E-state index contributed by atoms with van der Waals surface area (Å²) in [6, 6.07) is 7.96. The Labute approximate surface area is 98.9 Å². The molecule has 4 heteroatoms. The van der Waals surface area contributed by atoms with Gasteiger partial charge in [-0.05, 0) is 18.7 Å². The van der Waals surface area contributed by atoms with Crippen LogP contribution < -0.4 is 10.5 Å². The number of aromatic nitrogens is 1. The van der Waals surface area contributed by atoms with E-state index in [1.54, 1.807) is 18.4 Å². The molecule has 16 heavy (non-hydrogen) atoms. The number of para-hydroxylation sites is 1. The number of nitrogens with two attached hydrogens (primary N) is 1. The second kappa shape index (κ2) is 5.09. The topological polar surface area (TPSA) is 48.1 Å². The number of nitrogens with zero attached hydrogens (tertiary/aromatic N) is 1. The van der Waals surface area contributed by atoms with Crippen LogP contribution in [-0.2, 0) is 6.42 Å². The van der Waals surface area contributed by atoms with Crippen LogP contribution in [0.5, 0.6) is 5.75 Å². The fourth-order valence-corrected chi connectivity index (χ4v) is 2.49. The Kier molecular flexibility index (Phi) is 3.54. The molecular weight excluding hydrogens is 220 g/mol. The maximum Gasteiger partial charge on any atom is 0.127 e. The first-order valence-electron chi connectivity index (χ1n) is 5.13. The Morgan fingerprint density at radius 1 is 1.38 bits per heavy atom. The van der Waals surface area contributed by atoms with Crippen molar-refractivity contribution in [1.29, 1.82) is 0 Å². The fraction of sp³-hybridized carbons (Fsp3) is 0.250. The molecular formula is C12H14N2OS. The summed E-state index contributed by atoms with van der Waals surface area (Å²) < 4.78 is 5.32. The molecule has 0 aliphatic rings. The van der Waals surface area contributed by atoms with Gasteiger partial charge in [0.2, 0.25) is 0 Å². The fourth-order valence-electron chi connectivity index (χ4n) is 1.52. The van der Waals surface area contributed by atoms with Gasteiger partial charge in [-0.3, -0.25) is 0 Å². The maximum absolute atomic E-state index is 5.51. The number of thiazole rings is 1. The summed E-state index contributed by atoms with van der Waals surface area (Å²) in [5.41, 5.74) is 6.60. The highest BCUT2D eigenvalue weighted by Crippen LogP contribution is 2.33. The van der Waals surface area contributed by atoms with Gasteiger partial charge in [-0.1, -0.05) is 12.1 Å². The largest absolute Gasteiger partial charge is 0.496 e. The summed E-state index contributed by atoms with van der Waals surface area (Å²) >= 11 is 1.67. The predicted octanol–water partition coefficient (Wildman–Crippen LogP) is 2.32. The van der Waals surface area contributed by atoms with Crippen LogP contribution in [0.4, 0.5) is 0 Å². The monoisotopic (exact) mass is 234 g/mol. The molecule has 0 saturated carbocycles. The number of rotatable bonds is 4. The Morgan fingerprint density at radius 2 is 2.19 bits per heavy atom. The number of methoxy groups -OCH3 is 1. The first-order valence-corrected chi connectivity index (χ1v) is 5.95. The highest BCUT2D eigenvalue weighted by molar-refractivity contribution is 7.15. The van der Waals surface area contributed by atoms with Crippen LogP contribution in [0.15, 0.2) is 30.5 Å². The minimum atomic E-state index is 0.638. The zero-order chi connectivity index (χ0) is 11.4. The molecule has 1 aromatic heterocycles. The van der Waals surface area contributed by atoms with E-state index >= 15 is 0 Å². The molecule has 1 aromatic carbocycles. The van der Waals surface area contributed by atoms with Gasteiger partial charge in [0.1, 0.15) is 5.75 Å². The van der Waals surface area contributed by atoms with Crippen molar-refractivity contribution in [2.24, 2.45) is 5.73 Å². The molecule has 0 aliphatic heterocycles. The molecule has 0 spiro atoms. The van der Waals surface area contributed by atoms with Crippen molar-refractivity contribution < 1.29 is 4.74 Å². The van der Waals surface area contributed by atoms with E-state index in [0.717, 1.165) is 27.6 Å². The Morgan fingerprint density at radius 3 is 2.94 bits per heavy atom. The average Bonchev–Trinajstić information content (AvgIpc) is 2.78. The first kappa shape index (κ1) is 11.1. The van der Waals surface area contributed by atoms with Gasteiger partial charge in [-0.2, -0.15) is 0 Å². The molecule has 0 saturated heterocycles. The molecule has 0 amide bonds. The lowest BCUT2D eigenvalue weighted by Crippen LogP contribution is -2.01. The van der Waals surface area contributed by atoms with Crippen molar-refractivity contribution in [3.63, 3.8) is 0 Å². The molecule has 0 unspecified atom stereocenters. The molecule has 84 valence electrons. The number of benzene rings is 1. The van der Waals surface area contributed by atoms with E-state index in [2.05, 4.69) is 4.98 Å². The third-order valence-corrected chi connectivity index (χ3v) is 3.37. The van der Waals surface area contributed by atoms with Gasteiger partial charge in [0.25, 0.3) is 0 Å². The quantitative estimate of drug-likeness (QED) is 0.883. The zero-order valence-corrected chi connectivity index (χ0v) is 9.96. The second-order valence-corrected chi connectivity index (χ2v) is 4.47. The lowest BCUT2D eigenvalue weighted by Gasteiger charge is -2.04. The van der Waals surface area contributed by atoms with E-state index in [-0.39, 0.29) is 0 Å². The van der Waals surface area contributed by atoms with Crippen LogP contribution in [0.1, 0.15) is 5.01 Å². The summed E-state index contributed by atoms with van der Waals surface area (Å²) in [6.07, 6.45) is 2.72. The van der Waals surface area contributed by atoms with Crippen LogP contribution in [0.2, 0.25) is 0 Å². The Hall–Kier alpha value is -1.39. The van der Waals surface area contributed by atoms with E-state index < -0.39 is 0 Å². The van der Waals surface area contributed by atoms with E-state index in [1.807, 2.05) is 30.5 Å². The van der Waals surface area contributed by atoms with Crippen LogP contribution in [-0.4, -0.2) is 18.6 Å². The number of hydrogen-bond acceptors (Lipinski definition) is 4. The van der Waals surface area contributed by atoms with E-state index in [0.29, 0.717) is 6.54 Å². The summed E-state index contributed by atoms with van der Waals surface area (Å²) in [5, 5.41) is 1.07. The molecule has 0 radical (unpaired) electrons. The van der Waals surface area contributed by atoms with Gasteiger partial charge in [-0.25, -0.2) is 4.98 Å². The number of ether oxygens (including phenoxy) is 1. The summed E-state index contributed by atoms with van der Waals surface area (Å²) in [7, 11) is 1.68. The molecule has 1 heterocycles. The van der Waals surface area contributed by atoms with Crippen molar-refractivity contribution in [3.8, 4) is 16.2 Å². The van der Waals surface area contributed by atoms with Gasteiger partial charge in [0.15, 0.2) is 0 Å². The molecule has 0 atom stereocenters. The van der Waals surface area contributed by atoms with Gasteiger partial charge < -0.3 is 10.5 Å². The molecule has 2 rings (SSSR count). The average molecular weight is 234 g/mol. The number of hydrogen-bond donors (Lipinski definition) is 1. The molecule has 2 N–H and O–H groups in total. The minimum Gasteiger partial charge on any atom is -0.496 e. The van der Waals surface area contributed by atoms with Gasteiger partial charge >= 0.3 is 0 Å². The summed E-state index contributed by atoms with van der Waals surface area (Å²) in [4.78, 5) is 5.47. The minimum absolute atomic E-state index is 0.638. The third-order valence-electron chi connectivity index (χ3n) is 2.28.